The fraction of sp³-hybridized carbons (Fsp3) is 0.900. The van der Waals surface area contributed by atoms with Crippen LogP contribution in [0.4, 0.5) is 0 Å². The summed E-state index contributed by atoms with van der Waals surface area (Å²) in [4.78, 5) is 10.8. The van der Waals surface area contributed by atoms with Crippen LogP contribution in [-0.4, -0.2) is 72.5 Å². The number of hydrogen-bond acceptors (Lipinski definition) is 7. The predicted octanol–water partition coefficient (Wildman–Crippen LogP) is -1.95. The first-order chi connectivity index (χ1) is 8.08. The zero-order valence-corrected chi connectivity index (χ0v) is 10.7. The predicted molar refractivity (Wildman–Crippen MR) is 66.2 cm³/mol. The number of methoxy groups -OCH3 is 1. The van der Waals surface area contributed by atoms with E-state index in [2.05, 4.69) is 22.7 Å². The third-order valence-electron chi connectivity index (χ3n) is 2.36. The van der Waals surface area contributed by atoms with Crippen molar-refractivity contribution >= 4 is 18.9 Å². The highest BCUT2D eigenvalue weighted by molar-refractivity contribution is 7.80. The molecule has 0 aromatic carbocycles. The molecule has 4 unspecified atom stereocenters. The molecule has 0 aromatic heterocycles. The van der Waals surface area contributed by atoms with Crippen molar-refractivity contribution in [2.24, 2.45) is 5.92 Å². The molecular weight excluding hydrogens is 246 g/mol. The molecule has 7 heteroatoms. The Morgan fingerprint density at radius 3 is 2.47 bits per heavy atom. The fourth-order valence-corrected chi connectivity index (χ4v) is 1.51. The van der Waals surface area contributed by atoms with Gasteiger partial charge in [-0.2, -0.15) is 12.6 Å². The number of ether oxygens (including phenoxy) is 1. The van der Waals surface area contributed by atoms with E-state index in [1.165, 1.54) is 7.11 Å². The van der Waals surface area contributed by atoms with Crippen LogP contribution in [0.25, 0.3) is 0 Å². The number of nitrogens with one attached hydrogen (secondary N) is 1. The number of aliphatic hydroxyl groups is 3. The summed E-state index contributed by atoms with van der Waals surface area (Å²) in [7, 11) is 1.37. The van der Waals surface area contributed by atoms with Crippen LogP contribution in [0.15, 0.2) is 0 Å². The highest BCUT2D eigenvalue weighted by Gasteiger charge is 2.30. The SMILES string of the molecule is COCC(O)C(O)C(O)C(C=O)CNCCS. The lowest BCUT2D eigenvalue weighted by Gasteiger charge is -2.26. The number of aliphatic hydroxyl groups excluding tert-OH is 3. The van der Waals surface area contributed by atoms with Gasteiger partial charge in [0.2, 0.25) is 0 Å². The molecule has 0 heterocycles. The second-order valence-electron chi connectivity index (χ2n) is 3.73. The molecular formula is C10H21NO5S. The van der Waals surface area contributed by atoms with Crippen molar-refractivity contribution < 1.29 is 24.9 Å². The van der Waals surface area contributed by atoms with Crippen LogP contribution in [0, 0.1) is 5.92 Å². The van der Waals surface area contributed by atoms with E-state index in [1.807, 2.05) is 0 Å². The highest BCUT2D eigenvalue weighted by atomic mass is 32.1. The van der Waals surface area contributed by atoms with Crippen LogP contribution in [-0.2, 0) is 9.53 Å². The second-order valence-corrected chi connectivity index (χ2v) is 4.18. The van der Waals surface area contributed by atoms with Crippen molar-refractivity contribution in [1.82, 2.24) is 5.32 Å². The minimum absolute atomic E-state index is 0.103. The summed E-state index contributed by atoms with van der Waals surface area (Å²) in [5.74, 6) is -0.173. The van der Waals surface area contributed by atoms with Gasteiger partial charge in [0.15, 0.2) is 0 Å². The van der Waals surface area contributed by atoms with E-state index >= 15 is 0 Å². The maximum absolute atomic E-state index is 10.8. The van der Waals surface area contributed by atoms with E-state index in [9.17, 15) is 20.1 Å². The summed E-state index contributed by atoms with van der Waals surface area (Å²) < 4.78 is 4.65. The minimum Gasteiger partial charge on any atom is -0.390 e. The number of carbonyl (C=O) groups excluding carboxylic acids is 1. The Kier molecular flexibility index (Phi) is 9.71. The highest BCUT2D eigenvalue weighted by Crippen LogP contribution is 2.09. The van der Waals surface area contributed by atoms with Crippen molar-refractivity contribution in [2.45, 2.75) is 18.3 Å². The molecule has 4 N–H and O–H groups in total. The van der Waals surface area contributed by atoms with Gasteiger partial charge in [-0.1, -0.05) is 0 Å². The fourth-order valence-electron chi connectivity index (χ4n) is 1.35. The first kappa shape index (κ1) is 16.8. The molecule has 0 bridgehead atoms. The Balaban J connectivity index is 4.20. The van der Waals surface area contributed by atoms with E-state index in [-0.39, 0.29) is 13.2 Å². The average Bonchev–Trinajstić information content (AvgIpc) is 2.33. The molecule has 0 fully saturated rings. The van der Waals surface area contributed by atoms with Gasteiger partial charge in [0.05, 0.1) is 18.6 Å². The van der Waals surface area contributed by atoms with E-state index in [0.29, 0.717) is 18.6 Å². The van der Waals surface area contributed by atoms with E-state index in [1.54, 1.807) is 0 Å². The van der Waals surface area contributed by atoms with Crippen LogP contribution in [0.1, 0.15) is 0 Å². The van der Waals surface area contributed by atoms with Gasteiger partial charge < -0.3 is 30.2 Å². The molecule has 102 valence electrons. The van der Waals surface area contributed by atoms with Gasteiger partial charge in [-0.25, -0.2) is 0 Å². The first-order valence-electron chi connectivity index (χ1n) is 5.38. The Hall–Kier alpha value is -0.180. The van der Waals surface area contributed by atoms with Crippen LogP contribution in [0.2, 0.25) is 0 Å². The van der Waals surface area contributed by atoms with Crippen molar-refractivity contribution in [3.8, 4) is 0 Å². The lowest BCUT2D eigenvalue weighted by molar-refractivity contribution is -0.125. The topological polar surface area (TPSA) is 99.0 Å². The van der Waals surface area contributed by atoms with Gasteiger partial charge >= 0.3 is 0 Å². The molecule has 17 heavy (non-hydrogen) atoms. The lowest BCUT2D eigenvalue weighted by Crippen LogP contribution is -2.47. The Bertz CT molecular complexity index is 207. The molecule has 0 amide bonds. The molecule has 0 aliphatic carbocycles. The maximum atomic E-state index is 10.8. The quantitative estimate of drug-likeness (QED) is 0.179. The van der Waals surface area contributed by atoms with E-state index in [4.69, 9.17) is 0 Å². The van der Waals surface area contributed by atoms with Crippen molar-refractivity contribution in [3.05, 3.63) is 0 Å². The summed E-state index contributed by atoms with van der Waals surface area (Å²) in [5, 5.41) is 31.6. The number of hydrogen-bond donors (Lipinski definition) is 5. The van der Waals surface area contributed by atoms with Crippen molar-refractivity contribution in [2.75, 3.05) is 32.6 Å². The number of aldehydes is 1. The van der Waals surface area contributed by atoms with Gasteiger partial charge in [0.1, 0.15) is 18.5 Å². The van der Waals surface area contributed by atoms with Gasteiger partial charge in [-0.3, -0.25) is 0 Å². The molecule has 6 nitrogen and oxygen atoms in total. The number of thiol groups is 1. The summed E-state index contributed by atoms with van der Waals surface area (Å²) in [6.07, 6.45) is -3.41. The largest absolute Gasteiger partial charge is 0.390 e. The smallest absolute Gasteiger partial charge is 0.127 e. The molecule has 0 radical (unpaired) electrons. The molecule has 4 atom stereocenters. The molecule has 0 aliphatic rings. The molecule has 0 aromatic rings. The lowest BCUT2D eigenvalue weighted by atomic mass is 9.96. The summed E-state index contributed by atoms with van der Waals surface area (Å²) in [6, 6.07) is 0. The number of carbonyl (C=O) groups is 1. The summed E-state index contributed by atoms with van der Waals surface area (Å²) >= 11 is 3.99. The molecule has 0 saturated heterocycles. The minimum atomic E-state index is -1.41. The average molecular weight is 267 g/mol. The third kappa shape index (κ3) is 6.35. The Morgan fingerprint density at radius 1 is 1.35 bits per heavy atom. The van der Waals surface area contributed by atoms with Crippen LogP contribution >= 0.6 is 12.6 Å². The Labute approximate surface area is 106 Å². The van der Waals surface area contributed by atoms with Crippen LogP contribution in [0.5, 0.6) is 0 Å². The van der Waals surface area contributed by atoms with Gasteiger partial charge in [-0.05, 0) is 0 Å². The standard InChI is InChI=1S/C10H21NO5S/c1-16-6-8(13)10(15)9(14)7(5-12)4-11-2-3-17/h5,7-11,13-15,17H,2-4,6H2,1H3. The normalized spacial score (nSPS) is 18.4. The number of rotatable bonds is 10. The Morgan fingerprint density at radius 2 is 2.00 bits per heavy atom. The van der Waals surface area contributed by atoms with Crippen molar-refractivity contribution in [1.29, 1.82) is 0 Å². The van der Waals surface area contributed by atoms with Gasteiger partial charge in [0, 0.05) is 26.0 Å². The summed E-state index contributed by atoms with van der Waals surface area (Å²) in [6.45, 7) is 0.715. The summed E-state index contributed by atoms with van der Waals surface area (Å²) in [5.41, 5.74) is 0. The first-order valence-corrected chi connectivity index (χ1v) is 6.01. The maximum Gasteiger partial charge on any atom is 0.127 e. The molecule has 0 saturated carbocycles. The van der Waals surface area contributed by atoms with Gasteiger partial charge in [0.25, 0.3) is 0 Å². The van der Waals surface area contributed by atoms with Crippen LogP contribution in [0.3, 0.4) is 0 Å². The molecule has 0 spiro atoms. The van der Waals surface area contributed by atoms with E-state index in [0.717, 1.165) is 0 Å². The zero-order chi connectivity index (χ0) is 13.3. The second kappa shape index (κ2) is 9.81. The monoisotopic (exact) mass is 267 g/mol. The third-order valence-corrected chi connectivity index (χ3v) is 2.59. The molecule has 0 aliphatic heterocycles. The molecule has 0 rings (SSSR count). The van der Waals surface area contributed by atoms with Gasteiger partial charge in [-0.15, -0.1) is 0 Å². The van der Waals surface area contributed by atoms with Crippen LogP contribution < -0.4 is 5.32 Å². The zero-order valence-electron chi connectivity index (χ0n) is 9.82. The van der Waals surface area contributed by atoms with E-state index < -0.39 is 24.2 Å². The van der Waals surface area contributed by atoms with Crippen molar-refractivity contribution in [3.63, 3.8) is 0 Å².